The van der Waals surface area contributed by atoms with Gasteiger partial charge in [0.15, 0.2) is 0 Å². The minimum Gasteiger partial charge on any atom is -0.444 e. The second-order valence-corrected chi connectivity index (χ2v) is 11.4. The molecular weight excluding hydrogens is 496 g/mol. The van der Waals surface area contributed by atoms with E-state index in [1.54, 1.807) is 20.8 Å². The molecule has 2 atom stereocenters. The summed E-state index contributed by atoms with van der Waals surface area (Å²) in [4.78, 5) is 54.3. The monoisotopic (exact) mass is 536 g/mol. The van der Waals surface area contributed by atoms with Gasteiger partial charge >= 0.3 is 6.09 Å². The average molecular weight is 537 g/mol. The topological polar surface area (TPSA) is 131 Å². The predicted octanol–water partition coefficient (Wildman–Crippen LogP) is 4.36. The van der Waals surface area contributed by atoms with Crippen molar-refractivity contribution < 1.29 is 23.9 Å². The zero-order valence-corrected chi connectivity index (χ0v) is 23.9. The maximum Gasteiger partial charge on any atom is 0.408 e. The second kappa shape index (κ2) is 11.9. The van der Waals surface area contributed by atoms with Crippen molar-refractivity contribution in [3.8, 4) is 0 Å². The Morgan fingerprint density at radius 3 is 2.13 bits per heavy atom. The van der Waals surface area contributed by atoms with Crippen LogP contribution in [0, 0.1) is 27.7 Å². The normalized spacial score (nSPS) is 14.6. The van der Waals surface area contributed by atoms with Gasteiger partial charge in [-0.05, 0) is 83.6 Å². The van der Waals surface area contributed by atoms with E-state index in [0.29, 0.717) is 24.1 Å². The lowest BCUT2D eigenvalue weighted by atomic mass is 9.95. The van der Waals surface area contributed by atoms with Gasteiger partial charge in [-0.25, -0.2) is 4.79 Å². The van der Waals surface area contributed by atoms with Crippen molar-refractivity contribution in [2.75, 3.05) is 5.32 Å². The Balaban J connectivity index is 2.06. The van der Waals surface area contributed by atoms with E-state index in [2.05, 4.69) is 10.6 Å². The molecule has 2 unspecified atom stereocenters. The highest BCUT2D eigenvalue weighted by molar-refractivity contribution is 6.01. The van der Waals surface area contributed by atoms with Crippen molar-refractivity contribution >= 4 is 29.5 Å². The molecule has 1 aliphatic carbocycles. The summed E-state index contributed by atoms with van der Waals surface area (Å²) in [5, 5.41) is 5.57. The van der Waals surface area contributed by atoms with Gasteiger partial charge in [-0.3, -0.25) is 14.4 Å². The first-order valence-corrected chi connectivity index (χ1v) is 13.2. The number of hydrogen-bond donors (Lipinski definition) is 3. The standard InChI is InChI=1S/C30H40N4O5/c1-17-11-14-22(20(4)15-17)26(27(36)33-25-18(2)9-8-10-19(25)3)34(21-12-13-21)28(37)23(16-24(31)35)32-29(38)39-30(5,6)7/h8-11,14-15,21,23,26H,12-13,16H2,1-7H3,(H2,31,35)(H,32,38)(H,33,36). The molecule has 9 nitrogen and oxygen atoms in total. The van der Waals surface area contributed by atoms with E-state index in [1.807, 2.05) is 64.1 Å². The molecule has 2 aromatic rings. The maximum absolute atomic E-state index is 14.1. The number of rotatable bonds is 9. The van der Waals surface area contributed by atoms with Crippen molar-refractivity contribution in [3.63, 3.8) is 0 Å². The summed E-state index contributed by atoms with van der Waals surface area (Å²) in [7, 11) is 0. The number of alkyl carbamates (subject to hydrolysis) is 1. The van der Waals surface area contributed by atoms with E-state index in [0.717, 1.165) is 22.3 Å². The van der Waals surface area contributed by atoms with Crippen LogP contribution in [0.3, 0.4) is 0 Å². The summed E-state index contributed by atoms with van der Waals surface area (Å²) in [6.45, 7) is 12.8. The maximum atomic E-state index is 14.1. The lowest BCUT2D eigenvalue weighted by Gasteiger charge is -2.35. The van der Waals surface area contributed by atoms with Crippen LogP contribution in [-0.2, 0) is 19.1 Å². The number of aryl methyl sites for hydroxylation is 4. The predicted molar refractivity (Wildman–Crippen MR) is 150 cm³/mol. The molecule has 210 valence electrons. The Labute approximate surface area is 230 Å². The molecule has 4 N–H and O–H groups in total. The van der Waals surface area contributed by atoms with E-state index in [-0.39, 0.29) is 11.9 Å². The first kappa shape index (κ1) is 29.7. The number of anilines is 1. The van der Waals surface area contributed by atoms with Crippen LogP contribution in [0.25, 0.3) is 0 Å². The first-order valence-electron chi connectivity index (χ1n) is 13.2. The highest BCUT2D eigenvalue weighted by Gasteiger charge is 2.45. The van der Waals surface area contributed by atoms with Crippen LogP contribution < -0.4 is 16.4 Å². The lowest BCUT2D eigenvalue weighted by Crippen LogP contribution is -2.54. The van der Waals surface area contributed by atoms with Crippen LogP contribution in [0.1, 0.15) is 73.9 Å². The Morgan fingerprint density at radius 1 is 1.00 bits per heavy atom. The third-order valence-electron chi connectivity index (χ3n) is 6.56. The summed E-state index contributed by atoms with van der Waals surface area (Å²) in [6, 6.07) is 8.92. The fourth-order valence-corrected chi connectivity index (χ4v) is 4.65. The van der Waals surface area contributed by atoms with Crippen LogP contribution in [0.15, 0.2) is 36.4 Å². The SMILES string of the molecule is Cc1ccc(C(C(=O)Nc2c(C)cccc2C)N(C(=O)C(CC(N)=O)NC(=O)OC(C)(C)C)C2CC2)c(C)c1. The quantitative estimate of drug-likeness (QED) is 0.438. The van der Waals surface area contributed by atoms with E-state index in [9.17, 15) is 19.2 Å². The molecule has 4 amide bonds. The fourth-order valence-electron chi connectivity index (χ4n) is 4.65. The average Bonchev–Trinajstić information content (AvgIpc) is 3.63. The van der Waals surface area contributed by atoms with Crippen molar-refractivity contribution in [3.05, 3.63) is 64.2 Å². The van der Waals surface area contributed by atoms with Gasteiger partial charge in [0.25, 0.3) is 5.91 Å². The van der Waals surface area contributed by atoms with E-state index < -0.39 is 42.0 Å². The van der Waals surface area contributed by atoms with E-state index in [4.69, 9.17) is 10.5 Å². The number of carbonyl (C=O) groups is 4. The molecule has 0 heterocycles. The van der Waals surface area contributed by atoms with Gasteiger partial charge < -0.3 is 26.0 Å². The lowest BCUT2D eigenvalue weighted by molar-refractivity contribution is -0.142. The summed E-state index contributed by atoms with van der Waals surface area (Å²) in [5.74, 6) is -1.71. The second-order valence-electron chi connectivity index (χ2n) is 11.4. The molecule has 1 fully saturated rings. The van der Waals surface area contributed by atoms with Crippen LogP contribution in [-0.4, -0.2) is 46.4 Å². The summed E-state index contributed by atoms with van der Waals surface area (Å²) >= 11 is 0. The van der Waals surface area contributed by atoms with Crippen molar-refractivity contribution in [1.82, 2.24) is 10.2 Å². The van der Waals surface area contributed by atoms with Gasteiger partial charge in [0.1, 0.15) is 17.7 Å². The van der Waals surface area contributed by atoms with Crippen LogP contribution in [0.2, 0.25) is 0 Å². The number of amides is 4. The Morgan fingerprint density at radius 2 is 1.62 bits per heavy atom. The molecule has 39 heavy (non-hydrogen) atoms. The molecule has 0 bridgehead atoms. The zero-order valence-electron chi connectivity index (χ0n) is 23.9. The highest BCUT2D eigenvalue weighted by atomic mass is 16.6. The van der Waals surface area contributed by atoms with Gasteiger partial charge in [-0.15, -0.1) is 0 Å². The number of primary amides is 1. The van der Waals surface area contributed by atoms with Gasteiger partial charge in [-0.2, -0.15) is 0 Å². The number of ether oxygens (including phenoxy) is 1. The number of nitrogens with one attached hydrogen (secondary N) is 2. The third kappa shape index (κ3) is 7.81. The molecule has 0 aromatic heterocycles. The van der Waals surface area contributed by atoms with Crippen LogP contribution in [0.5, 0.6) is 0 Å². The number of nitrogens with two attached hydrogens (primary N) is 1. The summed E-state index contributed by atoms with van der Waals surface area (Å²) in [6.07, 6.45) is 0.110. The van der Waals surface area contributed by atoms with Crippen molar-refractivity contribution in [2.45, 2.75) is 91.5 Å². The minimum absolute atomic E-state index is 0.234. The first-order chi connectivity index (χ1) is 18.2. The molecule has 0 radical (unpaired) electrons. The largest absolute Gasteiger partial charge is 0.444 e. The molecule has 0 saturated heterocycles. The van der Waals surface area contributed by atoms with E-state index >= 15 is 0 Å². The Hall–Kier alpha value is -3.88. The number of hydrogen-bond acceptors (Lipinski definition) is 5. The van der Waals surface area contributed by atoms with Gasteiger partial charge in [-0.1, -0.05) is 42.0 Å². The molecule has 9 heteroatoms. The third-order valence-corrected chi connectivity index (χ3v) is 6.56. The molecular formula is C30H40N4O5. The van der Waals surface area contributed by atoms with E-state index in [1.165, 1.54) is 4.90 Å². The van der Waals surface area contributed by atoms with Gasteiger partial charge in [0.2, 0.25) is 11.8 Å². The Kier molecular flexibility index (Phi) is 9.04. The number of benzene rings is 2. The molecule has 1 saturated carbocycles. The smallest absolute Gasteiger partial charge is 0.408 e. The van der Waals surface area contributed by atoms with Gasteiger partial charge in [0, 0.05) is 11.7 Å². The molecule has 0 aliphatic heterocycles. The van der Waals surface area contributed by atoms with Gasteiger partial charge in [0.05, 0.1) is 6.42 Å². The van der Waals surface area contributed by atoms with Crippen molar-refractivity contribution in [1.29, 1.82) is 0 Å². The molecule has 3 rings (SSSR count). The molecule has 2 aromatic carbocycles. The van der Waals surface area contributed by atoms with Crippen LogP contribution >= 0.6 is 0 Å². The number of nitrogens with zero attached hydrogens (tertiary/aromatic N) is 1. The number of carbonyl (C=O) groups excluding carboxylic acids is 4. The van der Waals surface area contributed by atoms with Crippen molar-refractivity contribution in [2.24, 2.45) is 5.73 Å². The fraction of sp³-hybridized carbons (Fsp3) is 0.467. The summed E-state index contributed by atoms with van der Waals surface area (Å²) < 4.78 is 5.33. The Bertz CT molecular complexity index is 1240. The number of para-hydroxylation sites is 1. The zero-order chi connectivity index (χ0) is 29.1. The molecule has 0 spiro atoms. The van der Waals surface area contributed by atoms with Crippen LogP contribution in [0.4, 0.5) is 10.5 Å². The molecule has 1 aliphatic rings. The highest BCUT2D eigenvalue weighted by Crippen LogP contribution is 2.38. The summed E-state index contributed by atoms with van der Waals surface area (Å²) in [5.41, 5.74) is 9.66. The minimum atomic E-state index is -1.29.